The highest BCUT2D eigenvalue weighted by Crippen LogP contribution is 2.32. The second-order valence-electron chi connectivity index (χ2n) is 5.73. The van der Waals surface area contributed by atoms with Crippen molar-refractivity contribution in [1.82, 2.24) is 4.98 Å². The van der Waals surface area contributed by atoms with Crippen molar-refractivity contribution in [3.8, 4) is 11.3 Å². The quantitative estimate of drug-likeness (QED) is 0.685. The van der Waals surface area contributed by atoms with Gasteiger partial charge in [-0.1, -0.05) is 61.4 Å². The van der Waals surface area contributed by atoms with E-state index in [1.807, 2.05) is 49.4 Å². The van der Waals surface area contributed by atoms with Crippen LogP contribution in [-0.2, 0) is 6.42 Å². The second kappa shape index (κ2) is 7.41. The van der Waals surface area contributed by atoms with E-state index in [1.54, 1.807) is 11.3 Å². The van der Waals surface area contributed by atoms with Crippen LogP contribution < -0.4 is 5.32 Å². The van der Waals surface area contributed by atoms with Crippen LogP contribution in [0.15, 0.2) is 54.6 Å². The van der Waals surface area contributed by atoms with Gasteiger partial charge in [0.05, 0.1) is 5.69 Å². The predicted molar refractivity (Wildman–Crippen MR) is 101 cm³/mol. The summed E-state index contributed by atoms with van der Waals surface area (Å²) in [6, 6.07) is 17.7. The predicted octanol–water partition coefficient (Wildman–Crippen LogP) is 5.32. The summed E-state index contributed by atoms with van der Waals surface area (Å²) in [5.74, 6) is -0.119. The maximum atomic E-state index is 12.4. The van der Waals surface area contributed by atoms with Gasteiger partial charge in [0.1, 0.15) is 0 Å². The molecule has 24 heavy (non-hydrogen) atoms. The molecule has 0 unspecified atom stereocenters. The SMILES string of the molecule is CCCc1sc(NC(=O)c2ccc(C)cc2)nc1-c1ccccc1. The van der Waals surface area contributed by atoms with Crippen molar-refractivity contribution in [2.24, 2.45) is 0 Å². The average Bonchev–Trinajstić information content (AvgIpc) is 2.99. The van der Waals surface area contributed by atoms with E-state index in [4.69, 9.17) is 0 Å². The van der Waals surface area contributed by atoms with Gasteiger partial charge in [-0.15, -0.1) is 11.3 Å². The minimum absolute atomic E-state index is 0.119. The summed E-state index contributed by atoms with van der Waals surface area (Å²) in [6.45, 7) is 4.16. The molecule has 0 bridgehead atoms. The van der Waals surface area contributed by atoms with Crippen LogP contribution in [0.4, 0.5) is 5.13 Å². The van der Waals surface area contributed by atoms with Gasteiger partial charge in [0.25, 0.3) is 5.91 Å². The van der Waals surface area contributed by atoms with Crippen LogP contribution in [0.5, 0.6) is 0 Å². The molecule has 0 aliphatic carbocycles. The average molecular weight is 336 g/mol. The normalized spacial score (nSPS) is 10.6. The van der Waals surface area contributed by atoms with Crippen LogP contribution in [0.1, 0.15) is 34.1 Å². The first-order valence-corrected chi connectivity index (χ1v) is 8.92. The van der Waals surface area contributed by atoms with Gasteiger partial charge in [-0.05, 0) is 25.5 Å². The topological polar surface area (TPSA) is 42.0 Å². The Hall–Kier alpha value is -2.46. The Kier molecular flexibility index (Phi) is 5.06. The third kappa shape index (κ3) is 3.71. The monoisotopic (exact) mass is 336 g/mol. The molecule has 1 amide bonds. The number of thiazole rings is 1. The first-order chi connectivity index (χ1) is 11.7. The standard InChI is InChI=1S/C20H20N2OS/c1-3-7-17-18(15-8-5-4-6-9-15)21-20(24-17)22-19(23)16-12-10-14(2)11-13-16/h4-6,8-13H,3,7H2,1-2H3,(H,21,22,23). The van der Waals surface area contributed by atoms with E-state index in [2.05, 4.69) is 29.4 Å². The second-order valence-corrected chi connectivity index (χ2v) is 6.81. The molecule has 0 fully saturated rings. The van der Waals surface area contributed by atoms with Crippen molar-refractivity contribution in [3.63, 3.8) is 0 Å². The highest BCUT2D eigenvalue weighted by molar-refractivity contribution is 7.16. The van der Waals surface area contributed by atoms with Crippen LogP contribution in [-0.4, -0.2) is 10.9 Å². The minimum Gasteiger partial charge on any atom is -0.298 e. The Morgan fingerprint density at radius 2 is 1.79 bits per heavy atom. The summed E-state index contributed by atoms with van der Waals surface area (Å²) in [7, 11) is 0. The molecule has 0 spiro atoms. The summed E-state index contributed by atoms with van der Waals surface area (Å²) >= 11 is 1.56. The number of hydrogen-bond acceptors (Lipinski definition) is 3. The van der Waals surface area contributed by atoms with E-state index in [9.17, 15) is 4.79 Å². The molecule has 0 saturated carbocycles. The van der Waals surface area contributed by atoms with Crippen molar-refractivity contribution >= 4 is 22.4 Å². The minimum atomic E-state index is -0.119. The number of nitrogens with one attached hydrogen (secondary N) is 1. The first kappa shape index (κ1) is 16.4. The van der Waals surface area contributed by atoms with Gasteiger partial charge in [0.2, 0.25) is 0 Å². The van der Waals surface area contributed by atoms with Gasteiger partial charge < -0.3 is 0 Å². The van der Waals surface area contributed by atoms with Crippen LogP contribution in [0.25, 0.3) is 11.3 Å². The van der Waals surface area contributed by atoms with Crippen LogP contribution >= 0.6 is 11.3 Å². The van der Waals surface area contributed by atoms with Crippen LogP contribution in [0, 0.1) is 6.92 Å². The molecule has 3 nitrogen and oxygen atoms in total. The van der Waals surface area contributed by atoms with E-state index in [0.29, 0.717) is 10.7 Å². The zero-order valence-electron chi connectivity index (χ0n) is 13.9. The summed E-state index contributed by atoms with van der Waals surface area (Å²) in [6.07, 6.45) is 2.01. The van der Waals surface area contributed by atoms with Gasteiger partial charge >= 0.3 is 0 Å². The van der Waals surface area contributed by atoms with E-state index in [1.165, 1.54) is 4.88 Å². The summed E-state index contributed by atoms with van der Waals surface area (Å²) in [4.78, 5) is 18.3. The zero-order chi connectivity index (χ0) is 16.9. The number of nitrogens with zero attached hydrogens (tertiary/aromatic N) is 1. The number of carbonyl (C=O) groups is 1. The number of hydrogen-bond donors (Lipinski definition) is 1. The maximum Gasteiger partial charge on any atom is 0.257 e. The Labute approximate surface area is 146 Å². The van der Waals surface area contributed by atoms with Crippen LogP contribution in [0.3, 0.4) is 0 Å². The van der Waals surface area contributed by atoms with Gasteiger partial charge in [-0.25, -0.2) is 4.98 Å². The Balaban J connectivity index is 1.86. The highest BCUT2D eigenvalue weighted by Gasteiger charge is 2.15. The molecule has 4 heteroatoms. The number of anilines is 1. The molecule has 0 saturated heterocycles. The molecule has 0 aliphatic rings. The number of aromatic nitrogens is 1. The number of amides is 1. The fourth-order valence-corrected chi connectivity index (χ4v) is 3.58. The van der Waals surface area contributed by atoms with Gasteiger partial charge in [0.15, 0.2) is 5.13 Å². The van der Waals surface area contributed by atoms with Crippen molar-refractivity contribution in [2.75, 3.05) is 5.32 Å². The number of benzene rings is 2. The summed E-state index contributed by atoms with van der Waals surface area (Å²) in [5, 5.41) is 3.59. The smallest absolute Gasteiger partial charge is 0.257 e. The Bertz CT molecular complexity index is 823. The zero-order valence-corrected chi connectivity index (χ0v) is 14.7. The largest absolute Gasteiger partial charge is 0.298 e. The number of rotatable bonds is 5. The van der Waals surface area contributed by atoms with Gasteiger partial charge in [0, 0.05) is 16.0 Å². The van der Waals surface area contributed by atoms with Crippen molar-refractivity contribution in [3.05, 3.63) is 70.6 Å². The number of carbonyl (C=O) groups excluding carboxylic acids is 1. The molecule has 3 aromatic rings. The third-order valence-corrected chi connectivity index (χ3v) is 4.79. The molecule has 0 radical (unpaired) electrons. The van der Waals surface area contributed by atoms with Crippen molar-refractivity contribution in [1.29, 1.82) is 0 Å². The molecule has 2 aromatic carbocycles. The molecule has 1 aromatic heterocycles. The Morgan fingerprint density at radius 1 is 1.08 bits per heavy atom. The van der Waals surface area contributed by atoms with Crippen molar-refractivity contribution < 1.29 is 4.79 Å². The molecular formula is C20H20N2OS. The summed E-state index contributed by atoms with van der Waals surface area (Å²) < 4.78 is 0. The van der Waals surface area contributed by atoms with Crippen molar-refractivity contribution in [2.45, 2.75) is 26.7 Å². The van der Waals surface area contributed by atoms with E-state index in [-0.39, 0.29) is 5.91 Å². The van der Waals surface area contributed by atoms with Gasteiger partial charge in [-0.3, -0.25) is 10.1 Å². The molecular weight excluding hydrogens is 316 g/mol. The lowest BCUT2D eigenvalue weighted by atomic mass is 10.1. The molecule has 0 atom stereocenters. The molecule has 1 heterocycles. The lowest BCUT2D eigenvalue weighted by Gasteiger charge is -2.02. The van der Waals surface area contributed by atoms with E-state index < -0.39 is 0 Å². The fourth-order valence-electron chi connectivity index (χ4n) is 2.50. The first-order valence-electron chi connectivity index (χ1n) is 8.10. The fraction of sp³-hybridized carbons (Fsp3) is 0.200. The lowest BCUT2D eigenvalue weighted by Crippen LogP contribution is -2.11. The van der Waals surface area contributed by atoms with Crippen LogP contribution in [0.2, 0.25) is 0 Å². The third-order valence-electron chi connectivity index (χ3n) is 3.76. The van der Waals surface area contributed by atoms with E-state index in [0.717, 1.165) is 29.7 Å². The van der Waals surface area contributed by atoms with Gasteiger partial charge in [-0.2, -0.15) is 0 Å². The molecule has 122 valence electrons. The summed E-state index contributed by atoms with van der Waals surface area (Å²) in [5.41, 5.74) is 3.85. The molecule has 0 aliphatic heterocycles. The Morgan fingerprint density at radius 3 is 2.46 bits per heavy atom. The molecule has 1 N–H and O–H groups in total. The van der Waals surface area contributed by atoms with E-state index >= 15 is 0 Å². The molecule has 3 rings (SSSR count). The highest BCUT2D eigenvalue weighted by atomic mass is 32.1. The lowest BCUT2D eigenvalue weighted by molar-refractivity contribution is 0.102. The number of aryl methyl sites for hydroxylation is 2. The maximum absolute atomic E-state index is 12.4.